The highest BCUT2D eigenvalue weighted by molar-refractivity contribution is 6.17. The molecule has 8 aliphatic carbocycles. The maximum atomic E-state index is 12.0. The average molecular weight is 485 g/mol. The fourth-order valence-corrected chi connectivity index (χ4v) is 8.53. The molecular formula is C26H41ClO6. The van der Waals surface area contributed by atoms with E-state index in [0.29, 0.717) is 60.1 Å². The molecular weight excluding hydrogens is 444 g/mol. The number of aliphatic hydroxyl groups excluding tert-OH is 1. The average Bonchev–Trinajstić information content (AvgIpc) is 2.80. The fraction of sp³-hybridized carbons (Fsp3) is 0.923. The van der Waals surface area contributed by atoms with Crippen molar-refractivity contribution >= 4 is 23.2 Å². The van der Waals surface area contributed by atoms with Gasteiger partial charge in [0.1, 0.15) is 24.4 Å². The van der Waals surface area contributed by atoms with Gasteiger partial charge in [0.05, 0.1) is 6.61 Å². The molecule has 0 radical (unpaired) electrons. The number of alkyl halides is 1. The number of methoxy groups -OCH3 is 2. The summed E-state index contributed by atoms with van der Waals surface area (Å²) in [7, 11) is 3.20. The predicted octanol–water partition coefficient (Wildman–Crippen LogP) is 4.21. The number of aliphatic hydroxyl groups is 1. The molecule has 33 heavy (non-hydrogen) atoms. The smallest absolute Gasteiger partial charge is 0.146 e. The van der Waals surface area contributed by atoms with Gasteiger partial charge in [-0.25, -0.2) is 0 Å². The quantitative estimate of drug-likeness (QED) is 0.345. The zero-order valence-corrected chi connectivity index (χ0v) is 21.0. The highest BCUT2D eigenvalue weighted by atomic mass is 35.5. The maximum Gasteiger partial charge on any atom is 0.146 e. The van der Waals surface area contributed by atoms with E-state index in [1.54, 1.807) is 14.2 Å². The molecule has 0 saturated heterocycles. The third-order valence-electron chi connectivity index (χ3n) is 9.30. The lowest BCUT2D eigenvalue weighted by atomic mass is 9.49. The second-order valence-electron chi connectivity index (χ2n) is 11.8. The van der Waals surface area contributed by atoms with E-state index in [2.05, 4.69) is 4.74 Å². The second-order valence-corrected chi connectivity index (χ2v) is 12.0. The van der Waals surface area contributed by atoms with Gasteiger partial charge >= 0.3 is 0 Å². The first kappa shape index (κ1) is 25.6. The van der Waals surface area contributed by atoms with Crippen LogP contribution in [0.1, 0.15) is 64.2 Å². The topological polar surface area (TPSA) is 82.1 Å². The highest BCUT2D eigenvalue weighted by Gasteiger charge is 2.55. The van der Waals surface area contributed by atoms with Crippen molar-refractivity contribution in [2.75, 3.05) is 40.3 Å². The number of carbonyl (C=O) groups excluding carboxylic acids is 2. The summed E-state index contributed by atoms with van der Waals surface area (Å²) >= 11 is 4.96. The summed E-state index contributed by atoms with van der Waals surface area (Å²) in [4.78, 5) is 23.7. The van der Waals surface area contributed by atoms with E-state index in [1.807, 2.05) is 0 Å². The van der Waals surface area contributed by atoms with E-state index in [-0.39, 0.29) is 5.41 Å². The Bertz CT molecular complexity index is 673. The van der Waals surface area contributed by atoms with Gasteiger partial charge in [-0.15, -0.1) is 0 Å². The Morgan fingerprint density at radius 2 is 1.21 bits per heavy atom. The summed E-state index contributed by atoms with van der Waals surface area (Å²) in [5.74, 6) is 3.97. The van der Waals surface area contributed by atoms with Gasteiger partial charge in [-0.05, 0) is 86.9 Å². The number of rotatable bonds is 6. The van der Waals surface area contributed by atoms with Gasteiger partial charge in [0, 0.05) is 44.5 Å². The molecule has 8 aliphatic rings. The van der Waals surface area contributed by atoms with Crippen LogP contribution in [0.2, 0.25) is 0 Å². The molecule has 6 nitrogen and oxygen atoms in total. The Kier molecular flexibility index (Phi) is 8.22. The van der Waals surface area contributed by atoms with Crippen molar-refractivity contribution in [1.29, 1.82) is 0 Å². The third-order valence-corrected chi connectivity index (χ3v) is 9.51. The van der Waals surface area contributed by atoms with Gasteiger partial charge in [-0.2, -0.15) is 0 Å². The molecule has 188 valence electrons. The van der Waals surface area contributed by atoms with Crippen LogP contribution >= 0.6 is 11.6 Å². The number of Topliss-reactive ketones (excluding diaryl/α,β-unsaturated/α-hetero) is 2. The summed E-state index contributed by atoms with van der Waals surface area (Å²) in [5.41, 5.74) is 0.466. The zero-order valence-electron chi connectivity index (χ0n) is 20.2. The Morgan fingerprint density at radius 1 is 0.788 bits per heavy atom. The van der Waals surface area contributed by atoms with Crippen LogP contribution in [0.4, 0.5) is 0 Å². The summed E-state index contributed by atoms with van der Waals surface area (Å²) < 4.78 is 14.8. The number of hydrogen-bond acceptors (Lipinski definition) is 6. The molecule has 1 N–H and O–H groups in total. The van der Waals surface area contributed by atoms with E-state index in [0.717, 1.165) is 69.8 Å². The molecule has 8 fully saturated rings. The Morgan fingerprint density at radius 3 is 1.61 bits per heavy atom. The van der Waals surface area contributed by atoms with Crippen LogP contribution < -0.4 is 0 Å². The van der Waals surface area contributed by atoms with Crippen molar-refractivity contribution in [3.8, 4) is 0 Å². The molecule has 8 saturated carbocycles. The number of halogens is 1. The lowest BCUT2D eigenvalue weighted by Gasteiger charge is -2.55. The van der Waals surface area contributed by atoms with E-state index in [9.17, 15) is 14.7 Å². The fourth-order valence-electron chi connectivity index (χ4n) is 8.53. The van der Waals surface area contributed by atoms with Crippen molar-refractivity contribution in [3.05, 3.63) is 0 Å². The van der Waals surface area contributed by atoms with Crippen molar-refractivity contribution in [2.45, 2.75) is 64.2 Å². The molecule has 4 atom stereocenters. The number of ketones is 2. The SMILES string of the molecule is COCCl.COCOCC12CC3CC(C1)C(=O)C(C3)C2.O=C1C2CC3CC1CC(CO)(C3)C2. The van der Waals surface area contributed by atoms with Crippen LogP contribution in [-0.4, -0.2) is 57.0 Å². The molecule has 0 heterocycles. The van der Waals surface area contributed by atoms with E-state index in [4.69, 9.17) is 21.1 Å². The minimum Gasteiger partial charge on any atom is -0.396 e. The summed E-state index contributed by atoms with van der Waals surface area (Å²) in [6.45, 7) is 1.48. The molecule has 4 unspecified atom stereocenters. The van der Waals surface area contributed by atoms with Crippen molar-refractivity contribution in [2.24, 2.45) is 46.3 Å². The monoisotopic (exact) mass is 484 g/mol. The molecule has 8 bridgehead atoms. The highest BCUT2D eigenvalue weighted by Crippen LogP contribution is 2.59. The molecule has 0 aromatic rings. The third kappa shape index (κ3) is 5.35. The lowest BCUT2D eigenvalue weighted by Crippen LogP contribution is -2.53. The van der Waals surface area contributed by atoms with Crippen LogP contribution in [0.3, 0.4) is 0 Å². The maximum absolute atomic E-state index is 12.0. The molecule has 8 rings (SSSR count). The van der Waals surface area contributed by atoms with Crippen LogP contribution in [-0.2, 0) is 23.8 Å². The van der Waals surface area contributed by atoms with E-state index < -0.39 is 0 Å². The summed E-state index contributed by atoms with van der Waals surface area (Å²) in [5, 5.41) is 9.41. The van der Waals surface area contributed by atoms with Crippen molar-refractivity contribution in [1.82, 2.24) is 0 Å². The second kappa shape index (κ2) is 10.6. The van der Waals surface area contributed by atoms with Crippen LogP contribution in [0.15, 0.2) is 0 Å². The minimum atomic E-state index is 0.157. The van der Waals surface area contributed by atoms with E-state index >= 15 is 0 Å². The largest absolute Gasteiger partial charge is 0.396 e. The van der Waals surface area contributed by atoms with Gasteiger partial charge in [-0.3, -0.25) is 9.59 Å². The van der Waals surface area contributed by atoms with Gasteiger partial charge in [0.25, 0.3) is 0 Å². The molecule has 0 aromatic carbocycles. The summed E-state index contributed by atoms with van der Waals surface area (Å²) in [6, 6.07) is 0.292. The van der Waals surface area contributed by atoms with Crippen molar-refractivity contribution in [3.63, 3.8) is 0 Å². The molecule has 0 amide bonds. The first-order chi connectivity index (χ1) is 15.9. The van der Waals surface area contributed by atoms with Gasteiger partial charge in [0.2, 0.25) is 0 Å². The van der Waals surface area contributed by atoms with Gasteiger partial charge in [-0.1, -0.05) is 11.6 Å². The van der Waals surface area contributed by atoms with E-state index in [1.165, 1.54) is 12.8 Å². The predicted molar refractivity (Wildman–Crippen MR) is 125 cm³/mol. The van der Waals surface area contributed by atoms with Gasteiger partial charge < -0.3 is 19.3 Å². The normalized spacial score (nSPS) is 43.8. The lowest BCUT2D eigenvalue weighted by molar-refractivity contribution is -0.158. The zero-order chi connectivity index (χ0) is 23.6. The minimum absolute atomic E-state index is 0.157. The Balaban J connectivity index is 0.000000138. The molecule has 7 heteroatoms. The van der Waals surface area contributed by atoms with Crippen LogP contribution in [0.5, 0.6) is 0 Å². The molecule has 0 aliphatic heterocycles. The Labute approximate surface area is 203 Å². The van der Waals surface area contributed by atoms with Crippen LogP contribution in [0.25, 0.3) is 0 Å². The first-order valence-corrected chi connectivity index (χ1v) is 13.2. The van der Waals surface area contributed by atoms with Crippen LogP contribution in [0, 0.1) is 46.3 Å². The van der Waals surface area contributed by atoms with Gasteiger partial charge in [0.15, 0.2) is 0 Å². The first-order valence-electron chi connectivity index (χ1n) is 12.7. The Hall–Kier alpha value is -0.530. The van der Waals surface area contributed by atoms with Crippen molar-refractivity contribution < 1.29 is 28.9 Å². The number of hydrogen-bond donors (Lipinski definition) is 1. The number of ether oxygens (including phenoxy) is 3. The standard InChI is InChI=1S/C13H20O3.C11H16O2.C2H5ClO/c1-15-8-16-7-13-4-9-2-10(5-13)12(14)11(3-9)6-13;12-6-11-3-7-1-8(4-11)10(13)9(2-7)5-11;1-4-2-3/h9-11H,2-8H2,1H3;7-9,12H,1-6H2;2H2,1H3. The molecule has 0 spiro atoms. The summed E-state index contributed by atoms with van der Waals surface area (Å²) in [6.07, 6.45) is 11.1. The molecule has 0 aromatic heterocycles. The number of carbonyl (C=O) groups is 2.